The number of rotatable bonds is 3. The first-order valence-electron chi connectivity index (χ1n) is 5.24. The molecule has 3 nitrogen and oxygen atoms in total. The topological polar surface area (TPSA) is 36.4 Å². The average molecular weight is 210 g/mol. The number of halogens is 1. The van der Waals surface area contributed by atoms with Crippen LogP contribution in [0, 0.1) is 5.82 Å². The smallest absolute Gasteiger partial charge is 0.141 e. The van der Waals surface area contributed by atoms with Crippen molar-refractivity contribution in [2.24, 2.45) is 0 Å². The zero-order chi connectivity index (χ0) is 10.7. The standard InChI is InChI=1S/C11H15FN2O/c12-10-4-9(5-13-6-10)7-14-3-1-2-11(14)8-15/h4-6,11,15H,1-3,7-8H2. The summed E-state index contributed by atoms with van der Waals surface area (Å²) in [5, 5.41) is 9.14. The Hall–Kier alpha value is -1.00. The molecule has 1 aliphatic rings. The molecule has 0 aromatic carbocycles. The molecule has 1 unspecified atom stereocenters. The minimum atomic E-state index is -0.299. The van der Waals surface area contributed by atoms with E-state index in [-0.39, 0.29) is 18.5 Å². The molecule has 2 heterocycles. The first kappa shape index (κ1) is 10.5. The molecule has 82 valence electrons. The van der Waals surface area contributed by atoms with Gasteiger partial charge in [-0.05, 0) is 31.0 Å². The highest BCUT2D eigenvalue weighted by atomic mass is 19.1. The molecular formula is C11H15FN2O. The predicted molar refractivity (Wildman–Crippen MR) is 54.7 cm³/mol. The van der Waals surface area contributed by atoms with E-state index in [0.717, 1.165) is 24.9 Å². The van der Waals surface area contributed by atoms with Crippen LogP contribution in [0.1, 0.15) is 18.4 Å². The van der Waals surface area contributed by atoms with Crippen LogP contribution in [0.25, 0.3) is 0 Å². The summed E-state index contributed by atoms with van der Waals surface area (Å²) in [6, 6.07) is 1.73. The number of hydrogen-bond acceptors (Lipinski definition) is 3. The second kappa shape index (κ2) is 4.68. The van der Waals surface area contributed by atoms with Crippen molar-refractivity contribution in [2.45, 2.75) is 25.4 Å². The maximum atomic E-state index is 12.9. The van der Waals surface area contributed by atoms with Gasteiger partial charge in [-0.15, -0.1) is 0 Å². The van der Waals surface area contributed by atoms with Gasteiger partial charge < -0.3 is 5.11 Å². The van der Waals surface area contributed by atoms with Crippen LogP contribution < -0.4 is 0 Å². The Morgan fingerprint density at radius 2 is 2.40 bits per heavy atom. The molecule has 0 saturated carbocycles. The maximum Gasteiger partial charge on any atom is 0.141 e. The number of likely N-dealkylation sites (tertiary alicyclic amines) is 1. The Morgan fingerprint density at radius 1 is 1.53 bits per heavy atom. The Morgan fingerprint density at radius 3 is 3.13 bits per heavy atom. The third kappa shape index (κ3) is 2.52. The molecule has 1 aromatic heterocycles. The number of hydrogen-bond donors (Lipinski definition) is 1. The van der Waals surface area contributed by atoms with Crippen LogP contribution in [0.15, 0.2) is 18.5 Å². The Bertz CT molecular complexity index is 332. The second-order valence-electron chi connectivity index (χ2n) is 3.96. The number of aliphatic hydroxyl groups is 1. The molecule has 15 heavy (non-hydrogen) atoms. The van der Waals surface area contributed by atoms with Crippen LogP contribution in [0.2, 0.25) is 0 Å². The van der Waals surface area contributed by atoms with Gasteiger partial charge in [0.25, 0.3) is 0 Å². The molecule has 0 aliphatic carbocycles. The normalized spacial score (nSPS) is 22.1. The average Bonchev–Trinajstić information content (AvgIpc) is 2.65. The van der Waals surface area contributed by atoms with E-state index in [4.69, 9.17) is 5.11 Å². The fourth-order valence-corrected chi connectivity index (χ4v) is 2.09. The highest BCUT2D eigenvalue weighted by Crippen LogP contribution is 2.19. The van der Waals surface area contributed by atoms with E-state index in [2.05, 4.69) is 9.88 Å². The quantitative estimate of drug-likeness (QED) is 0.813. The summed E-state index contributed by atoms with van der Waals surface area (Å²) in [4.78, 5) is 5.99. The molecule has 0 radical (unpaired) electrons. The van der Waals surface area contributed by atoms with Gasteiger partial charge in [-0.1, -0.05) is 0 Å². The van der Waals surface area contributed by atoms with E-state index in [1.807, 2.05) is 0 Å². The second-order valence-corrected chi connectivity index (χ2v) is 3.96. The summed E-state index contributed by atoms with van der Waals surface area (Å²) in [5.41, 5.74) is 0.871. The van der Waals surface area contributed by atoms with Crippen molar-refractivity contribution in [3.05, 3.63) is 29.8 Å². The Balaban J connectivity index is 2.02. The SMILES string of the molecule is OCC1CCCN1Cc1cncc(F)c1. The summed E-state index contributed by atoms with van der Waals surface area (Å²) in [5.74, 6) is -0.299. The first-order valence-corrected chi connectivity index (χ1v) is 5.24. The lowest BCUT2D eigenvalue weighted by atomic mass is 10.2. The minimum absolute atomic E-state index is 0.183. The highest BCUT2D eigenvalue weighted by molar-refractivity contribution is 5.10. The minimum Gasteiger partial charge on any atom is -0.395 e. The molecular weight excluding hydrogens is 195 g/mol. The van der Waals surface area contributed by atoms with Gasteiger partial charge >= 0.3 is 0 Å². The van der Waals surface area contributed by atoms with Crippen LogP contribution >= 0.6 is 0 Å². The fraction of sp³-hybridized carbons (Fsp3) is 0.545. The lowest BCUT2D eigenvalue weighted by Gasteiger charge is -2.22. The van der Waals surface area contributed by atoms with Crippen LogP contribution in [-0.4, -0.2) is 34.2 Å². The first-order chi connectivity index (χ1) is 7.29. The van der Waals surface area contributed by atoms with Gasteiger partial charge in [0.1, 0.15) is 5.82 Å². The predicted octanol–water partition coefficient (Wildman–Crippen LogP) is 1.18. The van der Waals surface area contributed by atoms with Gasteiger partial charge in [0.15, 0.2) is 0 Å². The Labute approximate surface area is 88.6 Å². The summed E-state index contributed by atoms with van der Waals surface area (Å²) in [6.07, 6.45) is 5.01. The number of aliphatic hydroxyl groups excluding tert-OH is 1. The zero-order valence-electron chi connectivity index (χ0n) is 8.56. The molecule has 2 rings (SSSR count). The van der Waals surface area contributed by atoms with E-state index < -0.39 is 0 Å². The molecule has 4 heteroatoms. The van der Waals surface area contributed by atoms with Crippen LogP contribution in [-0.2, 0) is 6.54 Å². The monoisotopic (exact) mass is 210 g/mol. The summed E-state index contributed by atoms with van der Waals surface area (Å²) < 4.78 is 12.9. The van der Waals surface area contributed by atoms with E-state index >= 15 is 0 Å². The van der Waals surface area contributed by atoms with Crippen molar-refractivity contribution in [1.82, 2.24) is 9.88 Å². The van der Waals surface area contributed by atoms with Crippen molar-refractivity contribution in [2.75, 3.05) is 13.2 Å². The molecule has 1 saturated heterocycles. The van der Waals surface area contributed by atoms with Crippen molar-refractivity contribution < 1.29 is 9.50 Å². The van der Waals surface area contributed by atoms with Crippen molar-refractivity contribution in [3.63, 3.8) is 0 Å². The van der Waals surface area contributed by atoms with Crippen LogP contribution in [0.5, 0.6) is 0 Å². The van der Waals surface area contributed by atoms with Crippen molar-refractivity contribution in [3.8, 4) is 0 Å². The summed E-state index contributed by atoms with van der Waals surface area (Å²) >= 11 is 0. The number of aromatic nitrogens is 1. The van der Waals surface area contributed by atoms with Gasteiger partial charge in [-0.3, -0.25) is 9.88 Å². The molecule has 1 aromatic rings. The van der Waals surface area contributed by atoms with Gasteiger partial charge in [-0.25, -0.2) is 4.39 Å². The largest absolute Gasteiger partial charge is 0.395 e. The van der Waals surface area contributed by atoms with Gasteiger partial charge in [-0.2, -0.15) is 0 Å². The number of pyridine rings is 1. The maximum absolute atomic E-state index is 12.9. The summed E-state index contributed by atoms with van der Waals surface area (Å²) in [6.45, 7) is 1.83. The van der Waals surface area contributed by atoms with E-state index in [1.165, 1.54) is 12.3 Å². The third-order valence-electron chi connectivity index (χ3n) is 2.86. The molecule has 1 N–H and O–H groups in total. The Kier molecular flexibility index (Phi) is 3.28. The molecule has 0 spiro atoms. The zero-order valence-corrected chi connectivity index (χ0v) is 8.56. The third-order valence-corrected chi connectivity index (χ3v) is 2.86. The molecule has 1 fully saturated rings. The summed E-state index contributed by atoms with van der Waals surface area (Å²) in [7, 11) is 0. The van der Waals surface area contributed by atoms with Gasteiger partial charge in [0.05, 0.1) is 12.8 Å². The molecule has 0 bridgehead atoms. The molecule has 1 aliphatic heterocycles. The lowest BCUT2D eigenvalue weighted by Crippen LogP contribution is -2.31. The highest BCUT2D eigenvalue weighted by Gasteiger charge is 2.23. The van der Waals surface area contributed by atoms with Crippen LogP contribution in [0.3, 0.4) is 0 Å². The lowest BCUT2D eigenvalue weighted by molar-refractivity contribution is 0.153. The van der Waals surface area contributed by atoms with Crippen molar-refractivity contribution in [1.29, 1.82) is 0 Å². The van der Waals surface area contributed by atoms with Gasteiger partial charge in [0.2, 0.25) is 0 Å². The van der Waals surface area contributed by atoms with Gasteiger partial charge in [0, 0.05) is 18.8 Å². The van der Waals surface area contributed by atoms with E-state index in [0.29, 0.717) is 6.54 Å². The fourth-order valence-electron chi connectivity index (χ4n) is 2.09. The molecule has 1 atom stereocenters. The van der Waals surface area contributed by atoms with E-state index in [9.17, 15) is 4.39 Å². The van der Waals surface area contributed by atoms with E-state index in [1.54, 1.807) is 6.20 Å². The van der Waals surface area contributed by atoms with Crippen molar-refractivity contribution >= 4 is 0 Å². The number of nitrogens with zero attached hydrogens (tertiary/aromatic N) is 2. The van der Waals surface area contributed by atoms with Crippen LogP contribution in [0.4, 0.5) is 4.39 Å². The molecule has 0 amide bonds.